The molecule has 0 saturated heterocycles. The Morgan fingerprint density at radius 2 is 1.61 bits per heavy atom. The van der Waals surface area contributed by atoms with Crippen molar-refractivity contribution in [3.63, 3.8) is 0 Å². The van der Waals surface area contributed by atoms with Crippen LogP contribution in [0.2, 0.25) is 0 Å². The smallest absolute Gasteiger partial charge is 0.231 e. The van der Waals surface area contributed by atoms with Gasteiger partial charge < -0.3 is 40.6 Å². The highest BCUT2D eigenvalue weighted by molar-refractivity contribution is 5.50. The molecule has 1 aromatic heterocycles. The molecule has 0 spiro atoms. The standard InChI is InChI=1S/C22H35N7O4/c1-16(2)6-8-24-20-27-21(25-9-11-31-13-12-30-10-7-23)29-22(28-20)26-14-17-4-3-5-18-19(17)33-15-32-18/h3-5,16H,6-15,23H2,1-2H3,(H3,24,25,26,27,28,29). The fourth-order valence-electron chi connectivity index (χ4n) is 3.03. The van der Waals surface area contributed by atoms with E-state index in [1.54, 1.807) is 0 Å². The first-order valence-corrected chi connectivity index (χ1v) is 11.4. The zero-order valence-electron chi connectivity index (χ0n) is 19.4. The van der Waals surface area contributed by atoms with Crippen LogP contribution < -0.4 is 31.2 Å². The average molecular weight is 462 g/mol. The maximum absolute atomic E-state index is 5.58. The van der Waals surface area contributed by atoms with Crippen molar-refractivity contribution in [1.29, 1.82) is 0 Å². The van der Waals surface area contributed by atoms with Crippen molar-refractivity contribution in [1.82, 2.24) is 15.0 Å². The van der Waals surface area contributed by atoms with E-state index in [1.807, 2.05) is 18.2 Å². The van der Waals surface area contributed by atoms with Crippen molar-refractivity contribution >= 4 is 17.8 Å². The summed E-state index contributed by atoms with van der Waals surface area (Å²) in [7, 11) is 0. The molecule has 11 heteroatoms. The van der Waals surface area contributed by atoms with Crippen LogP contribution in [0, 0.1) is 5.92 Å². The van der Waals surface area contributed by atoms with Gasteiger partial charge in [-0.3, -0.25) is 0 Å². The molecule has 182 valence electrons. The van der Waals surface area contributed by atoms with E-state index in [4.69, 9.17) is 24.7 Å². The van der Waals surface area contributed by atoms with Crippen LogP contribution in [-0.4, -0.2) is 67.8 Å². The lowest BCUT2D eigenvalue weighted by atomic mass is 10.1. The maximum Gasteiger partial charge on any atom is 0.231 e. The summed E-state index contributed by atoms with van der Waals surface area (Å²) in [5, 5.41) is 9.74. The van der Waals surface area contributed by atoms with Gasteiger partial charge in [-0.1, -0.05) is 26.0 Å². The van der Waals surface area contributed by atoms with E-state index in [-0.39, 0.29) is 6.79 Å². The highest BCUT2D eigenvalue weighted by atomic mass is 16.7. The van der Waals surface area contributed by atoms with Gasteiger partial charge in [0, 0.05) is 31.7 Å². The summed E-state index contributed by atoms with van der Waals surface area (Å²) in [5.74, 6) is 3.54. The SMILES string of the molecule is CC(C)CCNc1nc(NCCOCCOCCN)nc(NCc2cccc3c2OCO3)n1. The van der Waals surface area contributed by atoms with Crippen molar-refractivity contribution < 1.29 is 18.9 Å². The third-order valence-corrected chi connectivity index (χ3v) is 4.72. The molecule has 1 aliphatic rings. The summed E-state index contributed by atoms with van der Waals surface area (Å²) in [6, 6.07) is 5.81. The van der Waals surface area contributed by atoms with E-state index in [1.165, 1.54) is 0 Å². The van der Waals surface area contributed by atoms with E-state index in [2.05, 4.69) is 44.7 Å². The minimum absolute atomic E-state index is 0.233. The quantitative estimate of drug-likeness (QED) is 0.273. The summed E-state index contributed by atoms with van der Waals surface area (Å²) in [6.07, 6.45) is 1.02. The molecule has 0 unspecified atom stereocenters. The monoisotopic (exact) mass is 461 g/mol. The molecule has 0 radical (unpaired) electrons. The van der Waals surface area contributed by atoms with Gasteiger partial charge in [0.25, 0.3) is 0 Å². The zero-order chi connectivity index (χ0) is 23.3. The number of benzene rings is 1. The Morgan fingerprint density at radius 1 is 0.909 bits per heavy atom. The maximum atomic E-state index is 5.58. The lowest BCUT2D eigenvalue weighted by molar-refractivity contribution is 0.0547. The lowest BCUT2D eigenvalue weighted by Crippen LogP contribution is -2.17. The summed E-state index contributed by atoms with van der Waals surface area (Å²) in [5.41, 5.74) is 6.36. The summed E-state index contributed by atoms with van der Waals surface area (Å²) in [4.78, 5) is 13.5. The molecule has 0 bridgehead atoms. The molecule has 3 rings (SSSR count). The number of ether oxygens (including phenoxy) is 4. The number of hydrogen-bond donors (Lipinski definition) is 4. The zero-order valence-corrected chi connectivity index (χ0v) is 19.4. The predicted octanol–water partition coefficient (Wildman–Crippen LogP) is 2.07. The van der Waals surface area contributed by atoms with Gasteiger partial charge in [-0.2, -0.15) is 15.0 Å². The van der Waals surface area contributed by atoms with Gasteiger partial charge in [-0.25, -0.2) is 0 Å². The molecule has 1 aromatic carbocycles. The Hall–Kier alpha value is -2.89. The normalized spacial score (nSPS) is 12.2. The third-order valence-electron chi connectivity index (χ3n) is 4.72. The van der Waals surface area contributed by atoms with Gasteiger partial charge in [0.2, 0.25) is 24.6 Å². The predicted molar refractivity (Wildman–Crippen MR) is 127 cm³/mol. The fourth-order valence-corrected chi connectivity index (χ4v) is 3.03. The molecule has 2 aromatic rings. The van der Waals surface area contributed by atoms with E-state index in [9.17, 15) is 0 Å². The van der Waals surface area contributed by atoms with Gasteiger partial charge in [-0.05, 0) is 18.4 Å². The first-order chi connectivity index (χ1) is 16.2. The molecule has 0 fully saturated rings. The van der Waals surface area contributed by atoms with E-state index >= 15 is 0 Å². The van der Waals surface area contributed by atoms with Crippen molar-refractivity contribution in [2.75, 3.05) is 68.8 Å². The van der Waals surface area contributed by atoms with Crippen LogP contribution in [0.15, 0.2) is 18.2 Å². The number of fused-ring (bicyclic) bond motifs is 1. The minimum atomic E-state index is 0.233. The molecule has 11 nitrogen and oxygen atoms in total. The van der Waals surface area contributed by atoms with E-state index < -0.39 is 0 Å². The fraction of sp³-hybridized carbons (Fsp3) is 0.591. The molecule has 1 aliphatic heterocycles. The number of nitrogens with two attached hydrogens (primary N) is 1. The molecule has 0 atom stereocenters. The highest BCUT2D eigenvalue weighted by Crippen LogP contribution is 2.35. The third kappa shape index (κ3) is 8.52. The van der Waals surface area contributed by atoms with Crippen molar-refractivity contribution in [3.05, 3.63) is 23.8 Å². The number of para-hydroxylation sites is 1. The number of anilines is 3. The lowest BCUT2D eigenvalue weighted by Gasteiger charge is -2.13. The van der Waals surface area contributed by atoms with E-state index in [0.717, 1.165) is 30.0 Å². The molecule has 2 heterocycles. The Labute approximate surface area is 194 Å². The molecule has 5 N–H and O–H groups in total. The van der Waals surface area contributed by atoms with Gasteiger partial charge in [0.05, 0.1) is 26.4 Å². The second-order valence-electron chi connectivity index (χ2n) is 7.86. The van der Waals surface area contributed by atoms with Gasteiger partial charge in [0.15, 0.2) is 11.5 Å². The van der Waals surface area contributed by atoms with Crippen LogP contribution >= 0.6 is 0 Å². The van der Waals surface area contributed by atoms with Crippen LogP contribution in [0.4, 0.5) is 17.8 Å². The Balaban J connectivity index is 1.56. The van der Waals surface area contributed by atoms with Crippen LogP contribution in [-0.2, 0) is 16.0 Å². The Bertz CT molecular complexity index is 853. The molecular formula is C22H35N7O4. The molecule has 33 heavy (non-hydrogen) atoms. The summed E-state index contributed by atoms with van der Waals surface area (Å²) in [6.45, 7) is 9.03. The Kier molecular flexibility index (Phi) is 10.2. The number of rotatable bonds is 16. The molecule has 0 amide bonds. The summed E-state index contributed by atoms with van der Waals surface area (Å²) >= 11 is 0. The van der Waals surface area contributed by atoms with Gasteiger partial charge >= 0.3 is 0 Å². The van der Waals surface area contributed by atoms with Crippen molar-refractivity contribution in [2.45, 2.75) is 26.8 Å². The number of hydrogen-bond acceptors (Lipinski definition) is 11. The topological polar surface area (TPSA) is 138 Å². The van der Waals surface area contributed by atoms with Crippen LogP contribution in [0.25, 0.3) is 0 Å². The number of nitrogens with zero attached hydrogens (tertiary/aromatic N) is 3. The van der Waals surface area contributed by atoms with Crippen molar-refractivity contribution in [2.24, 2.45) is 11.7 Å². The van der Waals surface area contributed by atoms with Crippen molar-refractivity contribution in [3.8, 4) is 11.5 Å². The number of nitrogens with one attached hydrogen (secondary N) is 3. The molecule has 0 aliphatic carbocycles. The highest BCUT2D eigenvalue weighted by Gasteiger charge is 2.17. The number of aromatic nitrogens is 3. The van der Waals surface area contributed by atoms with E-state index in [0.29, 0.717) is 69.8 Å². The molecule has 0 saturated carbocycles. The Morgan fingerprint density at radius 3 is 2.33 bits per heavy atom. The first kappa shape index (κ1) is 24.7. The second kappa shape index (κ2) is 13.6. The molecular weight excluding hydrogens is 426 g/mol. The van der Waals surface area contributed by atoms with Crippen LogP contribution in [0.1, 0.15) is 25.8 Å². The minimum Gasteiger partial charge on any atom is -0.454 e. The first-order valence-electron chi connectivity index (χ1n) is 11.4. The second-order valence-corrected chi connectivity index (χ2v) is 7.86. The van der Waals surface area contributed by atoms with Crippen LogP contribution in [0.3, 0.4) is 0 Å². The van der Waals surface area contributed by atoms with Gasteiger partial charge in [0.1, 0.15) is 0 Å². The average Bonchev–Trinajstić information content (AvgIpc) is 3.29. The largest absolute Gasteiger partial charge is 0.454 e. The van der Waals surface area contributed by atoms with Crippen LogP contribution in [0.5, 0.6) is 11.5 Å². The van der Waals surface area contributed by atoms with Gasteiger partial charge in [-0.15, -0.1) is 0 Å². The summed E-state index contributed by atoms with van der Waals surface area (Å²) < 4.78 is 21.9.